The van der Waals surface area contributed by atoms with Crippen molar-refractivity contribution in [2.24, 2.45) is 11.8 Å². The zero-order chi connectivity index (χ0) is 12.1. The third-order valence-electron chi connectivity index (χ3n) is 4.13. The summed E-state index contributed by atoms with van der Waals surface area (Å²) in [6.45, 7) is 6.99. The van der Waals surface area contributed by atoms with Gasteiger partial charge in [-0.25, -0.2) is 0 Å². The van der Waals surface area contributed by atoms with E-state index in [0.717, 1.165) is 12.3 Å². The first-order chi connectivity index (χ1) is 7.18. The van der Waals surface area contributed by atoms with Crippen LogP contribution in [-0.4, -0.2) is 28.9 Å². The highest BCUT2D eigenvalue weighted by Gasteiger charge is 2.54. The molecule has 0 radical (unpaired) electrons. The van der Waals surface area contributed by atoms with Crippen LogP contribution in [0.2, 0.25) is 25.2 Å². The number of hydrogen-bond donors (Lipinski definition) is 0. The Hall–Kier alpha value is 0.127. The summed E-state index contributed by atoms with van der Waals surface area (Å²) >= 11 is 0. The molecular formula is C11H22O3SSi. The van der Waals surface area contributed by atoms with Gasteiger partial charge in [0.25, 0.3) is 10.1 Å². The lowest BCUT2D eigenvalue weighted by atomic mass is 9.97. The van der Waals surface area contributed by atoms with Crippen LogP contribution >= 0.6 is 0 Å². The third kappa shape index (κ3) is 2.36. The summed E-state index contributed by atoms with van der Waals surface area (Å²) < 4.78 is 28.0. The van der Waals surface area contributed by atoms with Crippen molar-refractivity contribution >= 4 is 18.2 Å². The molecule has 0 amide bonds. The Morgan fingerprint density at radius 1 is 1.12 bits per heavy atom. The highest BCUT2D eigenvalue weighted by atomic mass is 32.2. The maximum atomic E-state index is 11.3. The minimum Gasteiger partial charge on any atom is -0.267 e. The van der Waals surface area contributed by atoms with Crippen LogP contribution < -0.4 is 0 Å². The fourth-order valence-electron chi connectivity index (χ4n) is 3.78. The van der Waals surface area contributed by atoms with E-state index in [0.29, 0.717) is 11.5 Å². The van der Waals surface area contributed by atoms with Crippen molar-refractivity contribution in [3.63, 3.8) is 0 Å². The van der Waals surface area contributed by atoms with E-state index in [1.165, 1.54) is 19.1 Å². The second-order valence-corrected chi connectivity index (χ2v) is 13.5. The first-order valence-corrected chi connectivity index (χ1v) is 11.5. The molecule has 16 heavy (non-hydrogen) atoms. The van der Waals surface area contributed by atoms with Crippen LogP contribution in [0, 0.1) is 11.8 Å². The predicted octanol–water partition coefficient (Wildman–Crippen LogP) is 2.47. The largest absolute Gasteiger partial charge is 0.267 e. The van der Waals surface area contributed by atoms with Gasteiger partial charge in [0.1, 0.15) is 0 Å². The summed E-state index contributed by atoms with van der Waals surface area (Å²) in [6, 6.07) is 0. The van der Waals surface area contributed by atoms with Gasteiger partial charge in [0.2, 0.25) is 0 Å². The van der Waals surface area contributed by atoms with Gasteiger partial charge in [0, 0.05) is 0 Å². The summed E-state index contributed by atoms with van der Waals surface area (Å²) in [5.74, 6) is 1.22. The Kier molecular flexibility index (Phi) is 3.00. The molecule has 0 spiro atoms. The van der Waals surface area contributed by atoms with Crippen LogP contribution in [0.4, 0.5) is 0 Å². The van der Waals surface area contributed by atoms with Gasteiger partial charge in [-0.3, -0.25) is 4.18 Å². The average molecular weight is 262 g/mol. The zero-order valence-corrected chi connectivity index (χ0v) is 12.4. The Bertz CT molecular complexity index is 371. The minimum absolute atomic E-state index is 0.0135. The SMILES string of the molecule is C[Si](C)(C)C1C2CCC(C2)C1OS(C)(=O)=O. The fourth-order valence-corrected chi connectivity index (χ4v) is 7.60. The summed E-state index contributed by atoms with van der Waals surface area (Å²) in [5, 5.41) is 0. The lowest BCUT2D eigenvalue weighted by Crippen LogP contribution is -2.42. The second kappa shape index (κ2) is 3.82. The molecule has 0 aliphatic heterocycles. The zero-order valence-electron chi connectivity index (χ0n) is 10.6. The van der Waals surface area contributed by atoms with E-state index in [4.69, 9.17) is 4.18 Å². The van der Waals surface area contributed by atoms with E-state index in [1.807, 2.05) is 0 Å². The van der Waals surface area contributed by atoms with E-state index in [2.05, 4.69) is 19.6 Å². The Morgan fingerprint density at radius 3 is 2.19 bits per heavy atom. The maximum Gasteiger partial charge on any atom is 0.264 e. The van der Waals surface area contributed by atoms with Crippen LogP contribution in [0.1, 0.15) is 19.3 Å². The highest BCUT2D eigenvalue weighted by Crippen LogP contribution is 2.56. The molecule has 3 nitrogen and oxygen atoms in total. The number of hydrogen-bond acceptors (Lipinski definition) is 3. The molecule has 5 heteroatoms. The Balaban J connectivity index is 2.22. The third-order valence-corrected chi connectivity index (χ3v) is 7.50. The summed E-state index contributed by atoms with van der Waals surface area (Å²) in [7, 11) is -4.63. The monoisotopic (exact) mass is 262 g/mol. The van der Waals surface area contributed by atoms with Gasteiger partial charge in [-0.1, -0.05) is 19.6 Å². The second-order valence-electron chi connectivity index (χ2n) is 6.49. The van der Waals surface area contributed by atoms with Crippen molar-refractivity contribution in [2.45, 2.75) is 50.5 Å². The molecule has 0 N–H and O–H groups in total. The van der Waals surface area contributed by atoms with E-state index >= 15 is 0 Å². The van der Waals surface area contributed by atoms with Crippen molar-refractivity contribution in [3.8, 4) is 0 Å². The molecule has 2 bridgehead atoms. The summed E-state index contributed by atoms with van der Waals surface area (Å²) in [5.41, 5.74) is 0.529. The van der Waals surface area contributed by atoms with Crippen molar-refractivity contribution < 1.29 is 12.6 Å². The average Bonchev–Trinajstić information content (AvgIpc) is 2.57. The van der Waals surface area contributed by atoms with Gasteiger partial charge < -0.3 is 0 Å². The molecule has 0 saturated heterocycles. The van der Waals surface area contributed by atoms with Crippen LogP contribution in [0.15, 0.2) is 0 Å². The lowest BCUT2D eigenvalue weighted by Gasteiger charge is -2.38. The standard InChI is InChI=1S/C11H22O3SSi/c1-15(12,13)14-10-8-5-6-9(7-8)11(10)16(2,3)4/h8-11H,5-7H2,1-4H3. The number of fused-ring (bicyclic) bond motifs is 2. The van der Waals surface area contributed by atoms with Crippen molar-refractivity contribution in [1.82, 2.24) is 0 Å². The first kappa shape index (κ1) is 12.6. The fraction of sp³-hybridized carbons (Fsp3) is 1.00. The smallest absolute Gasteiger partial charge is 0.264 e. The number of rotatable bonds is 3. The highest BCUT2D eigenvalue weighted by molar-refractivity contribution is 7.86. The Morgan fingerprint density at radius 2 is 1.69 bits per heavy atom. The molecule has 2 rings (SSSR count). The predicted molar refractivity (Wildman–Crippen MR) is 67.6 cm³/mol. The lowest BCUT2D eigenvalue weighted by molar-refractivity contribution is 0.144. The molecule has 0 aromatic rings. The first-order valence-electron chi connectivity index (χ1n) is 6.07. The van der Waals surface area contributed by atoms with E-state index in [1.54, 1.807) is 0 Å². The van der Waals surface area contributed by atoms with Crippen LogP contribution in [0.25, 0.3) is 0 Å². The van der Waals surface area contributed by atoms with Gasteiger partial charge in [-0.2, -0.15) is 8.42 Å². The summed E-state index contributed by atoms with van der Waals surface area (Å²) in [4.78, 5) is 0. The van der Waals surface area contributed by atoms with Gasteiger partial charge in [0.15, 0.2) is 0 Å². The van der Waals surface area contributed by atoms with Crippen LogP contribution in [-0.2, 0) is 14.3 Å². The molecule has 0 aromatic carbocycles. The van der Waals surface area contributed by atoms with Crippen molar-refractivity contribution in [3.05, 3.63) is 0 Å². The maximum absolute atomic E-state index is 11.3. The van der Waals surface area contributed by atoms with Crippen molar-refractivity contribution in [1.29, 1.82) is 0 Å². The molecule has 0 aromatic heterocycles. The molecule has 4 unspecified atom stereocenters. The molecule has 0 heterocycles. The van der Waals surface area contributed by atoms with E-state index in [-0.39, 0.29) is 6.10 Å². The quantitative estimate of drug-likeness (QED) is 0.580. The van der Waals surface area contributed by atoms with Crippen LogP contribution in [0.5, 0.6) is 0 Å². The van der Waals surface area contributed by atoms with Gasteiger partial charge in [0.05, 0.1) is 20.4 Å². The molecule has 4 atom stereocenters. The van der Waals surface area contributed by atoms with Gasteiger partial charge in [-0.15, -0.1) is 0 Å². The van der Waals surface area contributed by atoms with Gasteiger partial charge >= 0.3 is 0 Å². The normalized spacial score (nSPS) is 39.2. The summed E-state index contributed by atoms with van der Waals surface area (Å²) in [6.07, 6.45) is 4.80. The van der Waals surface area contributed by atoms with Gasteiger partial charge in [-0.05, 0) is 36.6 Å². The molecule has 94 valence electrons. The molecule has 2 fully saturated rings. The topological polar surface area (TPSA) is 43.4 Å². The van der Waals surface area contributed by atoms with Crippen molar-refractivity contribution in [2.75, 3.05) is 6.26 Å². The molecule has 2 aliphatic carbocycles. The minimum atomic E-state index is -3.30. The molecule has 2 saturated carbocycles. The van der Waals surface area contributed by atoms with E-state index in [9.17, 15) is 8.42 Å². The molecular weight excluding hydrogens is 240 g/mol. The Labute approximate surface area is 99.7 Å². The molecule has 2 aliphatic rings. The van der Waals surface area contributed by atoms with Crippen LogP contribution in [0.3, 0.4) is 0 Å². The van der Waals surface area contributed by atoms with E-state index < -0.39 is 18.2 Å².